The molecule has 0 spiro atoms. The van der Waals surface area contributed by atoms with Gasteiger partial charge in [0.15, 0.2) is 0 Å². The maximum atomic E-state index is 12.9. The zero-order valence-corrected chi connectivity index (χ0v) is 10.3. The number of benzene rings is 1. The fraction of sp³-hybridized carbons (Fsp3) is 0.250. The average Bonchev–Trinajstić information content (AvgIpc) is 2.68. The summed E-state index contributed by atoms with van der Waals surface area (Å²) in [5.74, 6) is 0.0806. The second-order valence-corrected chi connectivity index (χ2v) is 3.98. The molecule has 0 radical (unpaired) electrons. The number of methoxy groups -OCH3 is 1. The summed E-state index contributed by atoms with van der Waals surface area (Å²) in [4.78, 5) is 0. The summed E-state index contributed by atoms with van der Waals surface area (Å²) in [7, 11) is 2.82. The van der Waals surface area contributed by atoms with Crippen LogP contribution in [0, 0.1) is 0 Å². The number of halogens is 3. The minimum Gasteiger partial charge on any atom is -0.496 e. The first-order valence-electron chi connectivity index (χ1n) is 5.37. The second-order valence-electron chi connectivity index (χ2n) is 3.98. The average molecular weight is 271 g/mol. The van der Waals surface area contributed by atoms with Crippen LogP contribution in [0.4, 0.5) is 19.0 Å². The lowest BCUT2D eigenvalue weighted by molar-refractivity contribution is -0.138. The zero-order valence-electron chi connectivity index (χ0n) is 10.3. The Kier molecular flexibility index (Phi) is 3.13. The minimum absolute atomic E-state index is 0.223. The van der Waals surface area contributed by atoms with Gasteiger partial charge >= 0.3 is 6.18 Å². The molecular weight excluding hydrogens is 259 g/mol. The predicted octanol–water partition coefficient (Wildman–Crippen LogP) is 2.70. The van der Waals surface area contributed by atoms with Crippen LogP contribution in [0.5, 0.6) is 5.75 Å². The van der Waals surface area contributed by atoms with E-state index in [9.17, 15) is 13.2 Å². The van der Waals surface area contributed by atoms with Crippen molar-refractivity contribution in [3.05, 3.63) is 30.0 Å². The van der Waals surface area contributed by atoms with Crippen LogP contribution in [-0.4, -0.2) is 16.9 Å². The van der Waals surface area contributed by atoms with Crippen LogP contribution >= 0.6 is 0 Å². The van der Waals surface area contributed by atoms with E-state index in [0.717, 1.165) is 6.07 Å². The van der Waals surface area contributed by atoms with Crippen LogP contribution in [0.1, 0.15) is 5.56 Å². The van der Waals surface area contributed by atoms with Crippen molar-refractivity contribution in [2.45, 2.75) is 6.18 Å². The summed E-state index contributed by atoms with van der Waals surface area (Å²) in [5, 5.41) is 3.91. The number of nitrogen functional groups attached to an aromatic ring is 1. The smallest absolute Gasteiger partial charge is 0.419 e. The van der Waals surface area contributed by atoms with Gasteiger partial charge in [-0.2, -0.15) is 18.3 Å². The van der Waals surface area contributed by atoms with E-state index in [-0.39, 0.29) is 5.75 Å². The molecule has 0 saturated carbocycles. The third-order valence-corrected chi connectivity index (χ3v) is 2.80. The number of nitrogens with zero attached hydrogens (tertiary/aromatic N) is 2. The number of hydrogen-bond acceptors (Lipinski definition) is 3. The van der Waals surface area contributed by atoms with Crippen LogP contribution < -0.4 is 10.5 Å². The van der Waals surface area contributed by atoms with Gasteiger partial charge in [0.05, 0.1) is 18.9 Å². The third-order valence-electron chi connectivity index (χ3n) is 2.80. The molecule has 0 atom stereocenters. The van der Waals surface area contributed by atoms with E-state index in [0.29, 0.717) is 16.9 Å². The number of aryl methyl sites for hydroxylation is 1. The summed E-state index contributed by atoms with van der Waals surface area (Å²) in [6.07, 6.45) is -3.06. The quantitative estimate of drug-likeness (QED) is 0.913. The maximum absolute atomic E-state index is 12.9. The number of nitrogens with two attached hydrogens (primary N) is 1. The molecule has 2 rings (SSSR count). The van der Waals surface area contributed by atoms with Gasteiger partial charge in [-0.3, -0.25) is 4.68 Å². The molecule has 102 valence electrons. The number of rotatable bonds is 2. The molecule has 7 heteroatoms. The second kappa shape index (κ2) is 4.49. The number of hydrogen-bond donors (Lipinski definition) is 1. The Morgan fingerprint density at radius 3 is 2.47 bits per heavy atom. The summed E-state index contributed by atoms with van der Waals surface area (Å²) in [5.41, 5.74) is 5.72. The first-order valence-corrected chi connectivity index (χ1v) is 5.37. The lowest BCUT2D eigenvalue weighted by atomic mass is 10.0. The highest BCUT2D eigenvalue weighted by Crippen LogP contribution is 2.39. The normalized spacial score (nSPS) is 11.6. The van der Waals surface area contributed by atoms with E-state index >= 15 is 0 Å². The number of alkyl halides is 3. The molecule has 0 aliphatic carbocycles. The molecule has 2 N–H and O–H groups in total. The fourth-order valence-corrected chi connectivity index (χ4v) is 1.77. The van der Waals surface area contributed by atoms with E-state index < -0.39 is 11.7 Å². The Labute approximate surface area is 107 Å². The first kappa shape index (κ1) is 13.3. The van der Waals surface area contributed by atoms with E-state index in [1.807, 2.05) is 0 Å². The third kappa shape index (κ3) is 2.35. The van der Waals surface area contributed by atoms with Crippen LogP contribution in [0.25, 0.3) is 11.1 Å². The van der Waals surface area contributed by atoms with Gasteiger partial charge in [-0.15, -0.1) is 0 Å². The minimum atomic E-state index is -4.49. The van der Waals surface area contributed by atoms with Crippen molar-refractivity contribution >= 4 is 5.82 Å². The highest BCUT2D eigenvalue weighted by atomic mass is 19.4. The molecule has 2 aromatic rings. The van der Waals surface area contributed by atoms with Gasteiger partial charge in [-0.25, -0.2) is 0 Å². The van der Waals surface area contributed by atoms with Gasteiger partial charge in [-0.05, 0) is 17.7 Å². The Bertz CT molecular complexity index is 605. The highest BCUT2D eigenvalue weighted by Gasteiger charge is 2.34. The molecule has 0 aliphatic heterocycles. The van der Waals surface area contributed by atoms with Crippen LogP contribution in [0.3, 0.4) is 0 Å². The summed E-state index contributed by atoms with van der Waals surface area (Å²) < 4.78 is 44.8. The van der Waals surface area contributed by atoms with Crippen molar-refractivity contribution in [2.75, 3.05) is 12.8 Å². The van der Waals surface area contributed by atoms with Crippen molar-refractivity contribution in [3.63, 3.8) is 0 Å². The zero-order chi connectivity index (χ0) is 14.2. The molecule has 0 aliphatic rings. The first-order chi connectivity index (χ1) is 8.84. The fourth-order valence-electron chi connectivity index (χ4n) is 1.77. The monoisotopic (exact) mass is 271 g/mol. The van der Waals surface area contributed by atoms with Gasteiger partial charge in [0.2, 0.25) is 0 Å². The lowest BCUT2D eigenvalue weighted by Gasteiger charge is -2.13. The molecule has 1 aromatic heterocycles. The molecule has 0 bridgehead atoms. The van der Waals surface area contributed by atoms with Gasteiger partial charge < -0.3 is 10.5 Å². The maximum Gasteiger partial charge on any atom is 0.419 e. The van der Waals surface area contributed by atoms with Crippen LogP contribution in [0.15, 0.2) is 24.4 Å². The van der Waals surface area contributed by atoms with Crippen LogP contribution in [-0.2, 0) is 13.2 Å². The van der Waals surface area contributed by atoms with Crippen molar-refractivity contribution in [2.24, 2.45) is 7.05 Å². The topological polar surface area (TPSA) is 53.1 Å². The van der Waals surface area contributed by atoms with Crippen molar-refractivity contribution in [1.82, 2.24) is 9.78 Å². The summed E-state index contributed by atoms with van der Waals surface area (Å²) in [6.45, 7) is 0. The summed E-state index contributed by atoms with van der Waals surface area (Å²) >= 11 is 0. The Morgan fingerprint density at radius 2 is 2.00 bits per heavy atom. The largest absolute Gasteiger partial charge is 0.496 e. The van der Waals surface area contributed by atoms with Gasteiger partial charge in [0.25, 0.3) is 0 Å². The SMILES string of the molecule is COc1ccc(-c2cnn(C)c2N)cc1C(F)(F)F. The van der Waals surface area contributed by atoms with E-state index in [1.54, 1.807) is 7.05 Å². The number of anilines is 1. The van der Waals surface area contributed by atoms with Crippen molar-refractivity contribution in [1.29, 1.82) is 0 Å². The van der Waals surface area contributed by atoms with E-state index in [4.69, 9.17) is 10.5 Å². The number of aromatic nitrogens is 2. The standard InChI is InChI=1S/C12H12F3N3O/c1-18-11(16)8(6-17-18)7-3-4-10(19-2)9(5-7)12(13,14)15/h3-6H,16H2,1-2H3. The molecular formula is C12H12F3N3O. The molecule has 0 amide bonds. The molecule has 0 fully saturated rings. The molecule has 19 heavy (non-hydrogen) atoms. The molecule has 4 nitrogen and oxygen atoms in total. The number of ether oxygens (including phenoxy) is 1. The molecule has 0 saturated heterocycles. The van der Waals surface area contributed by atoms with Gasteiger partial charge in [0, 0.05) is 12.6 Å². The van der Waals surface area contributed by atoms with E-state index in [2.05, 4.69) is 5.10 Å². The van der Waals surface area contributed by atoms with E-state index in [1.165, 1.54) is 30.1 Å². The Morgan fingerprint density at radius 1 is 1.32 bits per heavy atom. The van der Waals surface area contributed by atoms with Gasteiger partial charge in [0.1, 0.15) is 11.6 Å². The lowest BCUT2D eigenvalue weighted by Crippen LogP contribution is -2.07. The van der Waals surface area contributed by atoms with Crippen molar-refractivity contribution in [3.8, 4) is 16.9 Å². The summed E-state index contributed by atoms with van der Waals surface area (Å²) in [6, 6.07) is 3.79. The van der Waals surface area contributed by atoms with Gasteiger partial charge in [-0.1, -0.05) is 6.07 Å². The highest BCUT2D eigenvalue weighted by molar-refractivity contribution is 5.74. The van der Waals surface area contributed by atoms with Crippen LogP contribution in [0.2, 0.25) is 0 Å². The Balaban J connectivity index is 2.58. The molecule has 1 heterocycles. The predicted molar refractivity (Wildman–Crippen MR) is 64.6 cm³/mol. The molecule has 1 aromatic carbocycles. The van der Waals surface area contributed by atoms with Crippen molar-refractivity contribution < 1.29 is 17.9 Å². The Hall–Kier alpha value is -2.18. The molecule has 0 unspecified atom stereocenters.